The second-order valence-corrected chi connectivity index (χ2v) is 8.12. The number of carbonyl (C=O) groups is 3. The smallest absolute Gasteiger partial charge is 0.321 e. The van der Waals surface area contributed by atoms with E-state index in [4.69, 9.17) is 0 Å². The molecule has 1 atom stereocenters. The molecule has 3 rings (SSSR count). The lowest BCUT2D eigenvalue weighted by atomic mass is 9.97. The van der Waals surface area contributed by atoms with Gasteiger partial charge in [-0.2, -0.15) is 0 Å². The molecule has 4 amide bonds. The molecule has 7 heteroatoms. The molecule has 0 saturated carbocycles. The van der Waals surface area contributed by atoms with Crippen LogP contribution in [0.15, 0.2) is 42.5 Å². The van der Waals surface area contributed by atoms with Crippen molar-refractivity contribution < 1.29 is 14.4 Å². The Morgan fingerprint density at radius 1 is 1.00 bits per heavy atom. The number of rotatable bonds is 5. The van der Waals surface area contributed by atoms with E-state index in [0.29, 0.717) is 19.5 Å². The quantitative estimate of drug-likeness (QED) is 0.687. The first-order valence-electron chi connectivity index (χ1n) is 10.6. The van der Waals surface area contributed by atoms with E-state index in [1.54, 1.807) is 4.90 Å². The lowest BCUT2D eigenvalue weighted by Gasteiger charge is -2.32. The summed E-state index contributed by atoms with van der Waals surface area (Å²) in [4.78, 5) is 39.1. The van der Waals surface area contributed by atoms with Crippen LogP contribution in [0.3, 0.4) is 0 Å². The summed E-state index contributed by atoms with van der Waals surface area (Å²) >= 11 is 0. The summed E-state index contributed by atoms with van der Waals surface area (Å²) in [5.41, 5.74) is 4.62. The molecule has 0 aliphatic carbocycles. The molecule has 7 nitrogen and oxygen atoms in total. The number of aryl methyl sites for hydroxylation is 3. The van der Waals surface area contributed by atoms with Gasteiger partial charge in [-0.05, 0) is 56.9 Å². The van der Waals surface area contributed by atoms with E-state index in [9.17, 15) is 14.4 Å². The first-order valence-corrected chi connectivity index (χ1v) is 10.6. The van der Waals surface area contributed by atoms with Gasteiger partial charge in [0.25, 0.3) is 0 Å². The molecule has 1 saturated heterocycles. The fourth-order valence-electron chi connectivity index (χ4n) is 3.97. The summed E-state index contributed by atoms with van der Waals surface area (Å²) in [5.74, 6) is -0.798. The topological polar surface area (TPSA) is 90.5 Å². The Hall–Kier alpha value is -3.35. The maximum atomic E-state index is 12.6. The number of hydrogen-bond donors (Lipinski definition) is 3. The molecule has 1 fully saturated rings. The monoisotopic (exact) mass is 422 g/mol. The normalized spacial score (nSPS) is 15.8. The molecule has 3 N–H and O–H groups in total. The van der Waals surface area contributed by atoms with Crippen LogP contribution in [0, 0.1) is 26.7 Å². The summed E-state index contributed by atoms with van der Waals surface area (Å²) in [5, 5.41) is 8.47. The van der Waals surface area contributed by atoms with E-state index in [-0.39, 0.29) is 30.3 Å². The van der Waals surface area contributed by atoms with E-state index in [0.717, 1.165) is 34.5 Å². The van der Waals surface area contributed by atoms with Gasteiger partial charge in [-0.1, -0.05) is 35.9 Å². The Morgan fingerprint density at radius 2 is 1.68 bits per heavy atom. The van der Waals surface area contributed by atoms with Gasteiger partial charge in [0, 0.05) is 24.5 Å². The van der Waals surface area contributed by atoms with Gasteiger partial charge in [-0.25, -0.2) is 4.79 Å². The third-order valence-electron chi connectivity index (χ3n) is 5.47. The molecule has 31 heavy (non-hydrogen) atoms. The van der Waals surface area contributed by atoms with Crippen LogP contribution < -0.4 is 16.0 Å². The number of hydrogen-bond acceptors (Lipinski definition) is 3. The average molecular weight is 423 g/mol. The van der Waals surface area contributed by atoms with Crippen molar-refractivity contribution in [3.8, 4) is 0 Å². The summed E-state index contributed by atoms with van der Waals surface area (Å²) in [6, 6.07) is 13.0. The maximum absolute atomic E-state index is 12.6. The number of amides is 4. The molecular formula is C24H30N4O3. The molecule has 0 spiro atoms. The molecule has 1 aliphatic rings. The van der Waals surface area contributed by atoms with Crippen molar-refractivity contribution in [1.82, 2.24) is 10.2 Å². The highest BCUT2D eigenvalue weighted by Crippen LogP contribution is 2.22. The van der Waals surface area contributed by atoms with Gasteiger partial charge in [0.1, 0.15) is 0 Å². The standard InChI is InChI=1S/C24H30N4O3/c1-16-12-17(2)22(18(3)13-16)27-21(29)14-25-23(30)19-8-7-11-28(15-19)24(31)26-20-9-5-4-6-10-20/h4-6,9-10,12-13,19H,7-8,11,14-15H2,1-3H3,(H,25,30)(H,26,31)(H,27,29). The van der Waals surface area contributed by atoms with E-state index in [1.807, 2.05) is 63.2 Å². The molecule has 2 aromatic rings. The molecular weight excluding hydrogens is 392 g/mol. The predicted molar refractivity (Wildman–Crippen MR) is 122 cm³/mol. The van der Waals surface area contributed by atoms with E-state index in [2.05, 4.69) is 16.0 Å². The molecule has 164 valence electrons. The highest BCUT2D eigenvalue weighted by molar-refractivity contribution is 5.96. The van der Waals surface area contributed by atoms with Gasteiger partial charge in [0.05, 0.1) is 12.5 Å². The Morgan fingerprint density at radius 3 is 2.35 bits per heavy atom. The number of likely N-dealkylation sites (tertiary alicyclic amines) is 1. The van der Waals surface area contributed by atoms with Crippen molar-refractivity contribution in [2.24, 2.45) is 5.92 Å². The van der Waals surface area contributed by atoms with Crippen LogP contribution in [-0.2, 0) is 9.59 Å². The Balaban J connectivity index is 1.50. The number of nitrogens with one attached hydrogen (secondary N) is 3. The summed E-state index contributed by atoms with van der Waals surface area (Å²) in [6.45, 7) is 6.76. The number of nitrogens with zero attached hydrogens (tertiary/aromatic N) is 1. The number of para-hydroxylation sites is 1. The molecule has 0 aromatic heterocycles. The maximum Gasteiger partial charge on any atom is 0.321 e. The number of anilines is 2. The highest BCUT2D eigenvalue weighted by atomic mass is 16.2. The zero-order valence-electron chi connectivity index (χ0n) is 18.3. The fourth-order valence-corrected chi connectivity index (χ4v) is 3.97. The molecule has 1 aliphatic heterocycles. The van der Waals surface area contributed by atoms with Crippen LogP contribution >= 0.6 is 0 Å². The highest BCUT2D eigenvalue weighted by Gasteiger charge is 2.28. The number of piperidine rings is 1. The van der Waals surface area contributed by atoms with Gasteiger partial charge >= 0.3 is 6.03 Å². The summed E-state index contributed by atoms with van der Waals surface area (Å²) in [6.07, 6.45) is 1.44. The van der Waals surface area contributed by atoms with Crippen molar-refractivity contribution in [3.63, 3.8) is 0 Å². The third-order valence-corrected chi connectivity index (χ3v) is 5.47. The predicted octanol–water partition coefficient (Wildman–Crippen LogP) is 3.61. The van der Waals surface area contributed by atoms with Gasteiger partial charge in [-0.3, -0.25) is 9.59 Å². The number of urea groups is 1. The minimum Gasteiger partial charge on any atom is -0.347 e. The van der Waals surface area contributed by atoms with Crippen LogP contribution in [0.1, 0.15) is 29.5 Å². The van der Waals surface area contributed by atoms with Gasteiger partial charge < -0.3 is 20.9 Å². The minimum atomic E-state index is -0.328. The van der Waals surface area contributed by atoms with Crippen LogP contribution in [0.5, 0.6) is 0 Å². The molecule has 2 aromatic carbocycles. The van der Waals surface area contributed by atoms with Gasteiger partial charge in [0.15, 0.2) is 0 Å². The zero-order valence-corrected chi connectivity index (χ0v) is 18.3. The lowest BCUT2D eigenvalue weighted by Crippen LogP contribution is -2.47. The van der Waals surface area contributed by atoms with Crippen LogP contribution in [0.2, 0.25) is 0 Å². The Bertz CT molecular complexity index is 936. The minimum absolute atomic E-state index is 0.0989. The van der Waals surface area contributed by atoms with Gasteiger partial charge in [0.2, 0.25) is 11.8 Å². The molecule has 1 unspecified atom stereocenters. The zero-order chi connectivity index (χ0) is 22.4. The molecule has 0 radical (unpaired) electrons. The van der Waals surface area contributed by atoms with E-state index in [1.165, 1.54) is 0 Å². The molecule has 0 bridgehead atoms. The van der Waals surface area contributed by atoms with Crippen LogP contribution in [-0.4, -0.2) is 42.4 Å². The first-order chi connectivity index (χ1) is 14.8. The average Bonchev–Trinajstić information content (AvgIpc) is 2.75. The van der Waals surface area contributed by atoms with Crippen molar-refractivity contribution in [2.75, 3.05) is 30.3 Å². The van der Waals surface area contributed by atoms with E-state index < -0.39 is 0 Å². The van der Waals surface area contributed by atoms with Crippen LogP contribution in [0.25, 0.3) is 0 Å². The number of carbonyl (C=O) groups excluding carboxylic acids is 3. The second kappa shape index (κ2) is 10.1. The van der Waals surface area contributed by atoms with Crippen molar-refractivity contribution >= 4 is 29.2 Å². The Kier molecular flexibility index (Phi) is 7.28. The van der Waals surface area contributed by atoms with Crippen molar-refractivity contribution in [2.45, 2.75) is 33.6 Å². The summed E-state index contributed by atoms with van der Waals surface area (Å²) < 4.78 is 0. The Labute approximate surface area is 183 Å². The van der Waals surface area contributed by atoms with Crippen molar-refractivity contribution in [1.29, 1.82) is 0 Å². The number of benzene rings is 2. The second-order valence-electron chi connectivity index (χ2n) is 8.12. The summed E-state index contributed by atoms with van der Waals surface area (Å²) in [7, 11) is 0. The van der Waals surface area contributed by atoms with E-state index >= 15 is 0 Å². The van der Waals surface area contributed by atoms with Crippen molar-refractivity contribution in [3.05, 3.63) is 59.2 Å². The SMILES string of the molecule is Cc1cc(C)c(NC(=O)CNC(=O)C2CCCN(C(=O)Nc3ccccc3)C2)c(C)c1. The third kappa shape index (κ3) is 6.07. The van der Waals surface area contributed by atoms with Gasteiger partial charge in [-0.15, -0.1) is 0 Å². The first kappa shape index (κ1) is 22.3. The lowest BCUT2D eigenvalue weighted by molar-refractivity contribution is -0.128. The fraction of sp³-hybridized carbons (Fsp3) is 0.375. The largest absolute Gasteiger partial charge is 0.347 e. The van der Waals surface area contributed by atoms with Crippen LogP contribution in [0.4, 0.5) is 16.2 Å². The molecule has 1 heterocycles.